The van der Waals surface area contributed by atoms with Gasteiger partial charge >= 0.3 is 6.09 Å². The molecular weight excluding hydrogens is 556 g/mol. The number of benzene rings is 2. The zero-order valence-electron chi connectivity index (χ0n) is 22.9. The zero-order chi connectivity index (χ0) is 29.6. The number of hydrogen-bond acceptors (Lipinski definition) is 8. The molecule has 0 saturated carbocycles. The summed E-state index contributed by atoms with van der Waals surface area (Å²) in [6, 6.07) is 20.3. The average Bonchev–Trinajstić information content (AvgIpc) is 3.59. The molecule has 42 heavy (non-hydrogen) atoms. The number of amides is 1. The Bertz CT molecular complexity index is 2060. The van der Waals surface area contributed by atoms with E-state index >= 15 is 0 Å². The van der Waals surface area contributed by atoms with Crippen molar-refractivity contribution in [2.75, 3.05) is 10.2 Å². The molecule has 0 aliphatic heterocycles. The molecule has 0 spiro atoms. The number of nitrogens with zero attached hydrogens (tertiary/aromatic N) is 5. The van der Waals surface area contributed by atoms with Crippen LogP contribution < -0.4 is 10.2 Å². The number of carboxylic acid groups (broad SMARTS) is 1. The molecule has 0 aliphatic rings. The molecular formula is C30H26N6O5S. The highest BCUT2D eigenvalue weighted by Crippen LogP contribution is 2.32. The molecule has 0 aliphatic carbocycles. The van der Waals surface area contributed by atoms with E-state index in [-0.39, 0.29) is 16.5 Å². The van der Waals surface area contributed by atoms with Crippen molar-refractivity contribution in [3.8, 4) is 11.3 Å². The third-order valence-corrected chi connectivity index (χ3v) is 8.27. The van der Waals surface area contributed by atoms with Crippen molar-refractivity contribution < 1.29 is 22.7 Å². The van der Waals surface area contributed by atoms with Crippen LogP contribution in [0.4, 0.5) is 22.1 Å². The van der Waals surface area contributed by atoms with Crippen molar-refractivity contribution >= 4 is 55.6 Å². The van der Waals surface area contributed by atoms with Gasteiger partial charge in [-0.2, -0.15) is 0 Å². The maximum absolute atomic E-state index is 13.2. The van der Waals surface area contributed by atoms with Crippen LogP contribution in [0.5, 0.6) is 0 Å². The summed E-state index contributed by atoms with van der Waals surface area (Å²) in [6.07, 6.45) is 3.47. The molecule has 11 nitrogen and oxygen atoms in total. The molecule has 4 aromatic heterocycles. The van der Waals surface area contributed by atoms with Crippen molar-refractivity contribution in [1.82, 2.24) is 18.9 Å². The average molecular weight is 583 g/mol. The maximum Gasteiger partial charge on any atom is 0.412 e. The molecule has 6 aromatic rings. The number of hydrogen-bond donors (Lipinski definition) is 2. The van der Waals surface area contributed by atoms with E-state index in [0.29, 0.717) is 39.1 Å². The van der Waals surface area contributed by atoms with Gasteiger partial charge in [-0.15, -0.1) is 0 Å². The zero-order valence-corrected chi connectivity index (χ0v) is 23.7. The lowest BCUT2D eigenvalue weighted by molar-refractivity contribution is 0.195. The van der Waals surface area contributed by atoms with E-state index in [0.717, 1.165) is 3.97 Å². The fraction of sp³-hybridized carbons (Fsp3) is 0.133. The number of pyridine rings is 1. The Morgan fingerprint density at radius 3 is 2.52 bits per heavy atom. The number of carbonyl (C=O) groups is 1. The van der Waals surface area contributed by atoms with Crippen molar-refractivity contribution in [2.24, 2.45) is 0 Å². The Balaban J connectivity index is 1.38. The van der Waals surface area contributed by atoms with Crippen LogP contribution in [0, 0.1) is 0 Å². The van der Waals surface area contributed by atoms with E-state index in [1.165, 1.54) is 29.5 Å². The SMILES string of the molecule is CC(C)(C)N(C(=O)O)c1cccc(Nc2nc(-c3cnc4c(ccn4S(=O)(=O)c4ccccc4)c3)c3occc3n2)c1. The van der Waals surface area contributed by atoms with Gasteiger partial charge < -0.3 is 14.8 Å². The minimum absolute atomic E-state index is 0.162. The first-order chi connectivity index (χ1) is 20.0. The lowest BCUT2D eigenvalue weighted by atomic mass is 10.1. The molecule has 2 N–H and O–H groups in total. The highest BCUT2D eigenvalue weighted by atomic mass is 32.2. The van der Waals surface area contributed by atoms with Gasteiger partial charge in [-0.05, 0) is 63.2 Å². The summed E-state index contributed by atoms with van der Waals surface area (Å²) in [5.41, 5.74) is 2.75. The quantitative estimate of drug-likeness (QED) is 0.225. The number of furan rings is 1. The van der Waals surface area contributed by atoms with Gasteiger partial charge in [0.05, 0.1) is 11.2 Å². The normalized spacial score (nSPS) is 12.1. The van der Waals surface area contributed by atoms with E-state index in [4.69, 9.17) is 9.40 Å². The molecule has 12 heteroatoms. The van der Waals surface area contributed by atoms with Gasteiger partial charge in [-0.25, -0.2) is 32.1 Å². The van der Waals surface area contributed by atoms with Crippen molar-refractivity contribution in [2.45, 2.75) is 31.2 Å². The summed E-state index contributed by atoms with van der Waals surface area (Å²) in [5.74, 6) is 0.262. The summed E-state index contributed by atoms with van der Waals surface area (Å²) in [7, 11) is -3.83. The fourth-order valence-electron chi connectivity index (χ4n) is 4.78. The number of fused-ring (bicyclic) bond motifs is 2. The summed E-state index contributed by atoms with van der Waals surface area (Å²) in [6.45, 7) is 5.46. The molecule has 2 aromatic carbocycles. The maximum atomic E-state index is 13.2. The Hall–Kier alpha value is -5.23. The fourth-order valence-corrected chi connectivity index (χ4v) is 6.11. The van der Waals surface area contributed by atoms with E-state index < -0.39 is 21.7 Å². The van der Waals surface area contributed by atoms with Crippen LogP contribution in [0.2, 0.25) is 0 Å². The predicted molar refractivity (Wildman–Crippen MR) is 160 cm³/mol. The van der Waals surface area contributed by atoms with Crippen molar-refractivity contribution in [1.29, 1.82) is 0 Å². The highest BCUT2D eigenvalue weighted by Gasteiger charge is 2.28. The van der Waals surface area contributed by atoms with Crippen LogP contribution in [-0.4, -0.2) is 44.1 Å². The molecule has 212 valence electrons. The number of nitrogens with one attached hydrogen (secondary N) is 1. The molecule has 0 bridgehead atoms. The lowest BCUT2D eigenvalue weighted by Gasteiger charge is -2.33. The minimum atomic E-state index is -3.83. The Morgan fingerprint density at radius 2 is 1.79 bits per heavy atom. The Labute approximate surface area is 241 Å². The lowest BCUT2D eigenvalue weighted by Crippen LogP contribution is -2.45. The van der Waals surface area contributed by atoms with Gasteiger partial charge in [0.15, 0.2) is 11.2 Å². The molecule has 4 heterocycles. The molecule has 1 amide bonds. The number of rotatable bonds is 6. The topological polar surface area (TPSA) is 143 Å². The van der Waals surface area contributed by atoms with E-state index in [1.54, 1.807) is 66.9 Å². The van der Waals surface area contributed by atoms with E-state index in [9.17, 15) is 18.3 Å². The third kappa shape index (κ3) is 4.81. The summed E-state index contributed by atoms with van der Waals surface area (Å²) in [4.78, 5) is 27.2. The van der Waals surface area contributed by atoms with Gasteiger partial charge in [0, 0.05) is 46.3 Å². The van der Waals surface area contributed by atoms with Crippen LogP contribution in [0.15, 0.2) is 101 Å². The highest BCUT2D eigenvalue weighted by molar-refractivity contribution is 7.90. The second-order valence-corrected chi connectivity index (χ2v) is 12.4. The van der Waals surface area contributed by atoms with Crippen molar-refractivity contribution in [3.63, 3.8) is 0 Å². The molecule has 0 radical (unpaired) electrons. The largest absolute Gasteiger partial charge is 0.465 e. The standard InChI is InChI=1S/C30H26N6O5S/c1-30(2,3)36(29(37)38)22-9-7-8-21(17-22)32-28-33-24-13-15-41-26(24)25(34-28)20-16-19-12-14-35(27(19)31-18-20)42(39,40)23-10-5-4-6-11-23/h4-18H,1-3H3,(H,37,38)(H,32,33,34). The van der Waals surface area contributed by atoms with E-state index in [2.05, 4.69) is 15.3 Å². The molecule has 0 saturated heterocycles. The van der Waals surface area contributed by atoms with Crippen LogP contribution in [0.25, 0.3) is 33.4 Å². The van der Waals surface area contributed by atoms with Crippen LogP contribution in [0.1, 0.15) is 20.8 Å². The predicted octanol–water partition coefficient (Wildman–Crippen LogP) is 6.50. The van der Waals surface area contributed by atoms with E-state index in [1.807, 2.05) is 20.8 Å². The van der Waals surface area contributed by atoms with Gasteiger partial charge in [-0.1, -0.05) is 24.3 Å². The monoisotopic (exact) mass is 582 g/mol. The minimum Gasteiger partial charge on any atom is -0.465 e. The molecule has 0 unspecified atom stereocenters. The Morgan fingerprint density at radius 1 is 1.00 bits per heavy atom. The van der Waals surface area contributed by atoms with Gasteiger partial charge in [0.25, 0.3) is 10.0 Å². The summed E-state index contributed by atoms with van der Waals surface area (Å²) < 4.78 is 33.3. The second-order valence-electron chi connectivity index (χ2n) is 10.6. The van der Waals surface area contributed by atoms with Crippen LogP contribution >= 0.6 is 0 Å². The van der Waals surface area contributed by atoms with Gasteiger partial charge in [0.2, 0.25) is 5.95 Å². The van der Waals surface area contributed by atoms with Crippen molar-refractivity contribution in [3.05, 3.63) is 91.5 Å². The number of anilines is 3. The summed E-state index contributed by atoms with van der Waals surface area (Å²) in [5, 5.41) is 13.6. The van der Waals surface area contributed by atoms with Gasteiger partial charge in [0.1, 0.15) is 11.2 Å². The van der Waals surface area contributed by atoms with Gasteiger partial charge in [-0.3, -0.25) is 4.90 Å². The Kier molecular flexibility index (Phi) is 6.42. The smallest absolute Gasteiger partial charge is 0.412 e. The third-order valence-electron chi connectivity index (χ3n) is 6.59. The number of aromatic nitrogens is 4. The van der Waals surface area contributed by atoms with Crippen LogP contribution in [0.3, 0.4) is 0 Å². The molecule has 6 rings (SSSR count). The van der Waals surface area contributed by atoms with Crippen LogP contribution in [-0.2, 0) is 10.0 Å². The first-order valence-electron chi connectivity index (χ1n) is 13.0. The molecule has 0 atom stereocenters. The summed E-state index contributed by atoms with van der Waals surface area (Å²) >= 11 is 0. The first-order valence-corrected chi connectivity index (χ1v) is 14.4. The second kappa shape index (κ2) is 10.00. The molecule has 0 fully saturated rings. The first kappa shape index (κ1) is 27.0.